The molecule has 1 saturated heterocycles. The van der Waals surface area contributed by atoms with E-state index in [4.69, 9.17) is 4.74 Å². The van der Waals surface area contributed by atoms with Gasteiger partial charge in [0.25, 0.3) is 0 Å². The van der Waals surface area contributed by atoms with Gasteiger partial charge >= 0.3 is 5.97 Å². The molecule has 122 valence electrons. The van der Waals surface area contributed by atoms with Crippen molar-refractivity contribution in [2.75, 3.05) is 44.1 Å². The number of nitrogens with one attached hydrogen (secondary N) is 1. The molecule has 1 atom stereocenters. The molecule has 1 unspecified atom stereocenters. The SMILES string of the molecule is CNc1cc(C)nc(N2CCCC(CCOC)(C(=O)O)C2)n1. The lowest BCUT2D eigenvalue weighted by Gasteiger charge is -2.40. The van der Waals surface area contributed by atoms with E-state index in [-0.39, 0.29) is 0 Å². The van der Waals surface area contributed by atoms with Crippen molar-refractivity contribution in [3.05, 3.63) is 11.8 Å². The monoisotopic (exact) mass is 308 g/mol. The summed E-state index contributed by atoms with van der Waals surface area (Å²) in [6, 6.07) is 1.86. The van der Waals surface area contributed by atoms with Crippen LogP contribution in [0.5, 0.6) is 0 Å². The quantitative estimate of drug-likeness (QED) is 0.824. The van der Waals surface area contributed by atoms with Gasteiger partial charge in [0.15, 0.2) is 0 Å². The number of piperidine rings is 1. The molecule has 2 rings (SSSR count). The van der Waals surface area contributed by atoms with Crippen molar-refractivity contribution >= 4 is 17.7 Å². The molecule has 1 aromatic rings. The summed E-state index contributed by atoms with van der Waals surface area (Å²) in [7, 11) is 3.40. The lowest BCUT2D eigenvalue weighted by molar-refractivity contribution is -0.150. The number of ether oxygens (including phenoxy) is 1. The molecule has 0 bridgehead atoms. The average Bonchev–Trinajstić information content (AvgIpc) is 2.52. The van der Waals surface area contributed by atoms with Crippen LogP contribution in [0.3, 0.4) is 0 Å². The number of hydrogen-bond donors (Lipinski definition) is 2. The minimum absolute atomic E-state index is 0.415. The van der Waals surface area contributed by atoms with E-state index in [0.717, 1.165) is 24.5 Å². The predicted molar refractivity (Wildman–Crippen MR) is 84.3 cm³/mol. The highest BCUT2D eigenvalue weighted by atomic mass is 16.5. The first-order valence-electron chi connectivity index (χ1n) is 7.51. The molecule has 2 N–H and O–H groups in total. The second kappa shape index (κ2) is 6.91. The first kappa shape index (κ1) is 16.5. The van der Waals surface area contributed by atoms with E-state index in [2.05, 4.69) is 15.3 Å². The highest BCUT2D eigenvalue weighted by Gasteiger charge is 2.42. The minimum atomic E-state index is -0.791. The minimum Gasteiger partial charge on any atom is -0.481 e. The molecule has 2 heterocycles. The number of aromatic nitrogens is 2. The Hall–Kier alpha value is -1.89. The number of methoxy groups -OCH3 is 1. The zero-order valence-corrected chi connectivity index (χ0v) is 13.4. The average molecular weight is 308 g/mol. The first-order valence-corrected chi connectivity index (χ1v) is 7.51. The highest BCUT2D eigenvalue weighted by Crippen LogP contribution is 2.35. The number of nitrogens with zero attached hydrogens (tertiary/aromatic N) is 3. The molecule has 0 amide bonds. The third kappa shape index (κ3) is 3.47. The van der Waals surface area contributed by atoms with Crippen LogP contribution < -0.4 is 10.2 Å². The van der Waals surface area contributed by atoms with Crippen molar-refractivity contribution in [2.24, 2.45) is 5.41 Å². The lowest BCUT2D eigenvalue weighted by Crippen LogP contribution is -2.49. The number of carboxylic acids is 1. The van der Waals surface area contributed by atoms with Crippen LogP contribution in [0.2, 0.25) is 0 Å². The van der Waals surface area contributed by atoms with Crippen LogP contribution in [0, 0.1) is 12.3 Å². The highest BCUT2D eigenvalue weighted by molar-refractivity contribution is 5.76. The van der Waals surface area contributed by atoms with Crippen LogP contribution in [-0.4, -0.2) is 54.9 Å². The normalized spacial score (nSPS) is 21.7. The molecule has 0 saturated carbocycles. The van der Waals surface area contributed by atoms with Crippen molar-refractivity contribution in [1.82, 2.24) is 9.97 Å². The summed E-state index contributed by atoms with van der Waals surface area (Å²) in [6.07, 6.45) is 1.97. The van der Waals surface area contributed by atoms with Gasteiger partial charge in [-0.2, -0.15) is 4.98 Å². The van der Waals surface area contributed by atoms with Gasteiger partial charge in [-0.05, 0) is 26.2 Å². The Morgan fingerprint density at radius 1 is 1.55 bits per heavy atom. The zero-order valence-electron chi connectivity index (χ0n) is 13.4. The summed E-state index contributed by atoms with van der Waals surface area (Å²) in [5.41, 5.74) is 0.0685. The van der Waals surface area contributed by atoms with E-state index >= 15 is 0 Å². The van der Waals surface area contributed by atoms with Crippen molar-refractivity contribution in [3.8, 4) is 0 Å². The molecule has 22 heavy (non-hydrogen) atoms. The maximum absolute atomic E-state index is 11.8. The predicted octanol–water partition coefficient (Wildman–Crippen LogP) is 1.53. The molecule has 0 radical (unpaired) electrons. The summed E-state index contributed by atoms with van der Waals surface area (Å²) in [5.74, 6) is 0.564. The maximum Gasteiger partial charge on any atom is 0.311 e. The molecular weight excluding hydrogens is 284 g/mol. The smallest absolute Gasteiger partial charge is 0.311 e. The Labute approximate surface area is 130 Å². The largest absolute Gasteiger partial charge is 0.481 e. The molecule has 7 heteroatoms. The standard InChI is InChI=1S/C15H24N4O3/c1-11-9-12(16-2)18-14(17-11)19-7-4-5-15(10-19,13(20)21)6-8-22-3/h9H,4-8,10H2,1-3H3,(H,20,21)(H,16,17,18). The van der Waals surface area contributed by atoms with Crippen molar-refractivity contribution in [3.63, 3.8) is 0 Å². The van der Waals surface area contributed by atoms with Crippen molar-refractivity contribution in [2.45, 2.75) is 26.2 Å². The van der Waals surface area contributed by atoms with Crippen molar-refractivity contribution < 1.29 is 14.6 Å². The summed E-state index contributed by atoms with van der Waals surface area (Å²) < 4.78 is 5.09. The molecule has 1 fully saturated rings. The van der Waals surface area contributed by atoms with Crippen LogP contribution in [0.4, 0.5) is 11.8 Å². The van der Waals surface area contributed by atoms with Crippen LogP contribution in [0.25, 0.3) is 0 Å². The molecule has 1 aliphatic heterocycles. The van der Waals surface area contributed by atoms with Gasteiger partial charge in [0.2, 0.25) is 5.95 Å². The number of aliphatic carboxylic acids is 1. The second-order valence-corrected chi connectivity index (χ2v) is 5.80. The summed E-state index contributed by atoms with van der Waals surface area (Å²) >= 11 is 0. The molecule has 0 spiro atoms. The van der Waals surface area contributed by atoms with Crippen LogP contribution in [-0.2, 0) is 9.53 Å². The van der Waals surface area contributed by atoms with Gasteiger partial charge in [-0.1, -0.05) is 0 Å². The number of anilines is 2. The number of hydrogen-bond acceptors (Lipinski definition) is 6. The fourth-order valence-electron chi connectivity index (χ4n) is 2.91. The van der Waals surface area contributed by atoms with E-state index in [1.165, 1.54) is 0 Å². The summed E-state index contributed by atoms with van der Waals surface area (Å²) in [6.45, 7) is 3.54. The number of carbonyl (C=O) groups is 1. The number of carboxylic acid groups (broad SMARTS) is 1. The summed E-state index contributed by atoms with van der Waals surface area (Å²) in [5, 5.41) is 12.7. The molecule has 0 aromatic carbocycles. The topological polar surface area (TPSA) is 87.6 Å². The fourth-order valence-corrected chi connectivity index (χ4v) is 2.91. The van der Waals surface area contributed by atoms with E-state index in [1.807, 2.05) is 24.9 Å². The third-order valence-electron chi connectivity index (χ3n) is 4.20. The number of rotatable bonds is 6. The Morgan fingerprint density at radius 3 is 2.95 bits per heavy atom. The molecule has 1 aliphatic rings. The van der Waals surface area contributed by atoms with Gasteiger partial charge < -0.3 is 20.1 Å². The van der Waals surface area contributed by atoms with Crippen LogP contribution in [0.15, 0.2) is 6.07 Å². The third-order valence-corrected chi connectivity index (χ3v) is 4.20. The Balaban J connectivity index is 2.25. The van der Waals surface area contributed by atoms with Gasteiger partial charge in [-0.3, -0.25) is 4.79 Å². The van der Waals surface area contributed by atoms with E-state index in [1.54, 1.807) is 7.11 Å². The first-order chi connectivity index (χ1) is 10.5. The fraction of sp³-hybridized carbons (Fsp3) is 0.667. The van der Waals surface area contributed by atoms with Crippen LogP contribution >= 0.6 is 0 Å². The molecule has 0 aliphatic carbocycles. The van der Waals surface area contributed by atoms with Gasteiger partial charge in [0.1, 0.15) is 5.82 Å². The molecule has 1 aromatic heterocycles. The summed E-state index contributed by atoms with van der Waals surface area (Å²) in [4.78, 5) is 22.7. The zero-order chi connectivity index (χ0) is 16.2. The Kier molecular flexibility index (Phi) is 5.18. The van der Waals surface area contributed by atoms with Gasteiger partial charge in [0, 0.05) is 45.6 Å². The lowest BCUT2D eigenvalue weighted by atomic mass is 9.77. The van der Waals surface area contributed by atoms with E-state index in [9.17, 15) is 9.90 Å². The van der Waals surface area contributed by atoms with Gasteiger partial charge in [-0.25, -0.2) is 4.98 Å². The molecular formula is C15H24N4O3. The van der Waals surface area contributed by atoms with Gasteiger partial charge in [-0.15, -0.1) is 0 Å². The Bertz CT molecular complexity index is 538. The van der Waals surface area contributed by atoms with E-state index < -0.39 is 11.4 Å². The van der Waals surface area contributed by atoms with Crippen molar-refractivity contribution in [1.29, 1.82) is 0 Å². The second-order valence-electron chi connectivity index (χ2n) is 5.80. The van der Waals surface area contributed by atoms with Crippen LogP contribution in [0.1, 0.15) is 25.0 Å². The number of aryl methyl sites for hydroxylation is 1. The maximum atomic E-state index is 11.8. The van der Waals surface area contributed by atoms with Gasteiger partial charge in [0.05, 0.1) is 5.41 Å². The molecule has 7 nitrogen and oxygen atoms in total. The van der Waals surface area contributed by atoms with E-state index in [0.29, 0.717) is 31.9 Å². The Morgan fingerprint density at radius 2 is 2.32 bits per heavy atom.